The lowest BCUT2D eigenvalue weighted by molar-refractivity contribution is -0.131. The largest absolute Gasteiger partial charge is 0.478 e. The van der Waals surface area contributed by atoms with Crippen LogP contribution in [-0.4, -0.2) is 24.2 Å². The molecule has 4 heteroatoms. The number of hydrogen-bond donors (Lipinski definition) is 1. The van der Waals surface area contributed by atoms with E-state index >= 15 is 0 Å². The summed E-state index contributed by atoms with van der Waals surface area (Å²) < 4.78 is 13.8. The monoisotopic (exact) mass is 247 g/mol. The number of aliphatic carboxylic acids is 1. The minimum Gasteiger partial charge on any atom is -0.478 e. The Morgan fingerprint density at radius 3 is 2.89 bits per heavy atom. The number of hydrogen-bond acceptors (Lipinski definition) is 2. The molecule has 18 heavy (non-hydrogen) atoms. The Morgan fingerprint density at radius 1 is 1.39 bits per heavy atom. The molecule has 0 amide bonds. The van der Waals surface area contributed by atoms with Crippen molar-refractivity contribution >= 4 is 17.7 Å². The Kier molecular flexibility index (Phi) is 3.77. The molecule has 94 valence electrons. The van der Waals surface area contributed by atoms with E-state index in [-0.39, 0.29) is 0 Å². The molecule has 1 aliphatic heterocycles. The number of carboxylic acids is 1. The lowest BCUT2D eigenvalue weighted by Crippen LogP contribution is -2.27. The third-order valence-corrected chi connectivity index (χ3v) is 2.82. The van der Waals surface area contributed by atoms with Crippen molar-refractivity contribution in [2.45, 2.75) is 6.42 Å². The average Bonchev–Trinajstić information content (AvgIpc) is 2.38. The van der Waals surface area contributed by atoms with E-state index in [1.165, 1.54) is 12.1 Å². The summed E-state index contributed by atoms with van der Waals surface area (Å²) in [4.78, 5) is 12.6. The topological polar surface area (TPSA) is 40.5 Å². The SMILES string of the molecule is O=C(O)/C=C/c1c(F)cccc1N1CC=CCC1. The van der Waals surface area contributed by atoms with Crippen molar-refractivity contribution in [2.24, 2.45) is 0 Å². The van der Waals surface area contributed by atoms with Crippen LogP contribution in [-0.2, 0) is 4.79 Å². The van der Waals surface area contributed by atoms with Crippen LogP contribution in [0.3, 0.4) is 0 Å². The van der Waals surface area contributed by atoms with Crippen molar-refractivity contribution in [3.63, 3.8) is 0 Å². The van der Waals surface area contributed by atoms with Gasteiger partial charge in [-0.15, -0.1) is 0 Å². The van der Waals surface area contributed by atoms with Crippen molar-refractivity contribution in [3.05, 3.63) is 47.8 Å². The molecule has 0 spiro atoms. The molecule has 0 atom stereocenters. The molecule has 0 radical (unpaired) electrons. The molecule has 0 aromatic heterocycles. The standard InChI is InChI=1S/C14H14FNO2/c15-12-5-4-6-13(11(12)7-8-14(17)18)16-9-2-1-3-10-16/h1-2,4-8H,3,9-10H2,(H,17,18)/b8-7+. The summed E-state index contributed by atoms with van der Waals surface area (Å²) in [6, 6.07) is 4.79. The van der Waals surface area contributed by atoms with Gasteiger partial charge in [-0.3, -0.25) is 0 Å². The smallest absolute Gasteiger partial charge is 0.328 e. The van der Waals surface area contributed by atoms with Gasteiger partial charge in [-0.2, -0.15) is 0 Å². The molecular weight excluding hydrogens is 233 g/mol. The molecule has 1 aliphatic rings. The van der Waals surface area contributed by atoms with Crippen molar-refractivity contribution in [1.82, 2.24) is 0 Å². The summed E-state index contributed by atoms with van der Waals surface area (Å²) in [6.07, 6.45) is 7.30. The highest BCUT2D eigenvalue weighted by Crippen LogP contribution is 2.26. The number of halogens is 1. The second kappa shape index (κ2) is 5.49. The fraction of sp³-hybridized carbons (Fsp3) is 0.214. The van der Waals surface area contributed by atoms with E-state index in [2.05, 4.69) is 6.08 Å². The first kappa shape index (κ1) is 12.4. The molecule has 0 saturated heterocycles. The summed E-state index contributed by atoms with van der Waals surface area (Å²) in [7, 11) is 0. The van der Waals surface area contributed by atoms with Crippen LogP contribution in [0.2, 0.25) is 0 Å². The molecule has 1 N–H and O–H groups in total. The lowest BCUT2D eigenvalue weighted by Gasteiger charge is -2.27. The molecule has 0 unspecified atom stereocenters. The van der Waals surface area contributed by atoms with Crippen LogP contribution in [0.4, 0.5) is 10.1 Å². The lowest BCUT2D eigenvalue weighted by atomic mass is 10.1. The van der Waals surface area contributed by atoms with Crippen molar-refractivity contribution in [1.29, 1.82) is 0 Å². The van der Waals surface area contributed by atoms with Crippen molar-refractivity contribution < 1.29 is 14.3 Å². The van der Waals surface area contributed by atoms with Gasteiger partial charge in [-0.05, 0) is 24.6 Å². The molecule has 2 rings (SSSR count). The van der Waals surface area contributed by atoms with Crippen LogP contribution >= 0.6 is 0 Å². The third kappa shape index (κ3) is 2.77. The summed E-state index contributed by atoms with van der Waals surface area (Å²) in [6.45, 7) is 1.53. The van der Waals surface area contributed by atoms with Crippen LogP contribution < -0.4 is 4.90 Å². The number of carboxylic acid groups (broad SMARTS) is 1. The van der Waals surface area contributed by atoms with Crippen LogP contribution in [0.25, 0.3) is 6.08 Å². The van der Waals surface area contributed by atoms with Gasteiger partial charge in [-0.1, -0.05) is 18.2 Å². The van der Waals surface area contributed by atoms with Crippen LogP contribution in [0.1, 0.15) is 12.0 Å². The predicted molar refractivity (Wildman–Crippen MR) is 69.0 cm³/mol. The Balaban J connectivity index is 2.37. The van der Waals surface area contributed by atoms with Gasteiger partial charge in [0, 0.05) is 30.4 Å². The van der Waals surface area contributed by atoms with Gasteiger partial charge < -0.3 is 10.0 Å². The minimum absolute atomic E-state index is 0.329. The van der Waals surface area contributed by atoms with E-state index in [4.69, 9.17) is 5.11 Å². The highest BCUT2D eigenvalue weighted by atomic mass is 19.1. The highest BCUT2D eigenvalue weighted by molar-refractivity contribution is 5.87. The average molecular weight is 247 g/mol. The maximum atomic E-state index is 13.8. The molecule has 1 aromatic rings. The summed E-state index contributed by atoms with van der Waals surface area (Å²) in [5.41, 5.74) is 1.06. The van der Waals surface area contributed by atoms with Gasteiger partial charge >= 0.3 is 5.97 Å². The Labute approximate surface area is 105 Å². The van der Waals surface area contributed by atoms with E-state index in [9.17, 15) is 9.18 Å². The number of nitrogens with zero attached hydrogens (tertiary/aromatic N) is 1. The van der Waals surface area contributed by atoms with E-state index in [0.29, 0.717) is 5.56 Å². The van der Waals surface area contributed by atoms with Gasteiger partial charge in [0.15, 0.2) is 0 Å². The normalized spacial score (nSPS) is 15.3. The predicted octanol–water partition coefficient (Wildman–Crippen LogP) is 2.69. The molecule has 1 aromatic carbocycles. The zero-order valence-corrected chi connectivity index (χ0v) is 9.84. The van der Waals surface area contributed by atoms with E-state index in [1.54, 1.807) is 6.07 Å². The van der Waals surface area contributed by atoms with Gasteiger partial charge in [0.25, 0.3) is 0 Å². The number of benzene rings is 1. The molecular formula is C14H14FNO2. The first-order valence-electron chi connectivity index (χ1n) is 5.78. The Morgan fingerprint density at radius 2 is 2.22 bits per heavy atom. The molecule has 0 fully saturated rings. The number of anilines is 1. The second-order valence-electron chi connectivity index (χ2n) is 4.05. The van der Waals surface area contributed by atoms with Gasteiger partial charge in [0.2, 0.25) is 0 Å². The first-order valence-corrected chi connectivity index (χ1v) is 5.78. The number of carbonyl (C=O) groups is 1. The quantitative estimate of drug-likeness (QED) is 0.659. The summed E-state index contributed by atoms with van der Waals surface area (Å²) in [5, 5.41) is 8.63. The molecule has 3 nitrogen and oxygen atoms in total. The molecule has 1 heterocycles. The van der Waals surface area contributed by atoms with Crippen LogP contribution in [0.5, 0.6) is 0 Å². The van der Waals surface area contributed by atoms with E-state index in [0.717, 1.165) is 31.3 Å². The minimum atomic E-state index is -1.08. The van der Waals surface area contributed by atoms with Crippen molar-refractivity contribution in [2.75, 3.05) is 18.0 Å². The zero-order chi connectivity index (χ0) is 13.0. The van der Waals surface area contributed by atoms with Gasteiger partial charge in [0.1, 0.15) is 5.82 Å². The zero-order valence-electron chi connectivity index (χ0n) is 9.84. The molecule has 0 bridgehead atoms. The summed E-state index contributed by atoms with van der Waals surface area (Å²) in [5.74, 6) is -1.48. The summed E-state index contributed by atoms with van der Waals surface area (Å²) >= 11 is 0. The number of rotatable bonds is 3. The fourth-order valence-electron chi connectivity index (χ4n) is 1.98. The second-order valence-corrected chi connectivity index (χ2v) is 4.05. The van der Waals surface area contributed by atoms with Crippen LogP contribution in [0, 0.1) is 5.82 Å². The maximum Gasteiger partial charge on any atom is 0.328 e. The van der Waals surface area contributed by atoms with Gasteiger partial charge in [-0.25, -0.2) is 9.18 Å². The first-order chi connectivity index (χ1) is 8.68. The molecule has 0 saturated carbocycles. The third-order valence-electron chi connectivity index (χ3n) is 2.82. The molecule has 0 aliphatic carbocycles. The maximum absolute atomic E-state index is 13.8. The van der Waals surface area contributed by atoms with Gasteiger partial charge in [0.05, 0.1) is 0 Å². The fourth-order valence-corrected chi connectivity index (χ4v) is 1.98. The Hall–Kier alpha value is -2.10. The van der Waals surface area contributed by atoms with Crippen molar-refractivity contribution in [3.8, 4) is 0 Å². The van der Waals surface area contributed by atoms with Crippen LogP contribution in [0.15, 0.2) is 36.4 Å². The highest BCUT2D eigenvalue weighted by Gasteiger charge is 2.13. The Bertz CT molecular complexity index is 509. The van der Waals surface area contributed by atoms with E-state index < -0.39 is 11.8 Å². The van der Waals surface area contributed by atoms with E-state index in [1.807, 2.05) is 17.0 Å².